The van der Waals surface area contributed by atoms with Gasteiger partial charge in [0.1, 0.15) is 5.82 Å². The molecule has 1 saturated carbocycles. The Labute approximate surface area is 178 Å². The van der Waals surface area contributed by atoms with Crippen molar-refractivity contribution in [2.75, 3.05) is 13.6 Å². The van der Waals surface area contributed by atoms with E-state index in [1.54, 1.807) is 6.07 Å². The van der Waals surface area contributed by atoms with Gasteiger partial charge in [0.2, 0.25) is 5.91 Å². The third kappa shape index (κ3) is 4.27. The molecule has 1 heterocycles. The quantitative estimate of drug-likeness (QED) is 0.538. The van der Waals surface area contributed by atoms with Crippen LogP contribution in [0.5, 0.6) is 0 Å². The smallest absolute Gasteiger partial charge is 0.232 e. The molecule has 150 valence electrons. The Balaban J connectivity index is 1.33. The highest BCUT2D eigenvalue weighted by Crippen LogP contribution is 2.49. The molecule has 6 heteroatoms. The van der Waals surface area contributed by atoms with Crippen molar-refractivity contribution in [3.63, 3.8) is 0 Å². The minimum Gasteiger partial charge on any atom is -0.345 e. The molecule has 0 spiro atoms. The number of carbonyl (C=O) groups is 1. The lowest BCUT2D eigenvalue weighted by molar-refractivity contribution is -0.132. The first-order chi connectivity index (χ1) is 14.0. The molecule has 1 aliphatic carbocycles. The normalized spacial score (nSPS) is 14.6. The molecule has 0 aliphatic heterocycles. The van der Waals surface area contributed by atoms with E-state index in [9.17, 15) is 9.18 Å². The third-order valence-electron chi connectivity index (χ3n) is 5.59. The molecule has 1 aromatic heterocycles. The van der Waals surface area contributed by atoms with Crippen molar-refractivity contribution in [2.45, 2.75) is 31.1 Å². The van der Waals surface area contributed by atoms with Gasteiger partial charge in [0, 0.05) is 29.3 Å². The van der Waals surface area contributed by atoms with Crippen molar-refractivity contribution in [1.29, 1.82) is 0 Å². The van der Waals surface area contributed by atoms with Crippen LogP contribution >= 0.6 is 15.9 Å². The molecule has 3 aromatic rings. The molecule has 1 amide bonds. The third-order valence-corrected chi connectivity index (χ3v) is 6.12. The molecule has 1 aliphatic rings. The summed E-state index contributed by atoms with van der Waals surface area (Å²) in [6, 6.07) is 16.4. The van der Waals surface area contributed by atoms with E-state index in [0.29, 0.717) is 6.54 Å². The molecule has 0 bridgehead atoms. The Morgan fingerprint density at radius 1 is 1.21 bits per heavy atom. The maximum Gasteiger partial charge on any atom is 0.232 e. The summed E-state index contributed by atoms with van der Waals surface area (Å²) < 4.78 is 14.4. The van der Waals surface area contributed by atoms with Gasteiger partial charge < -0.3 is 4.90 Å². The highest BCUT2D eigenvalue weighted by molar-refractivity contribution is 9.10. The number of aryl methyl sites for hydroxylation is 1. The molecule has 0 unspecified atom stereocenters. The summed E-state index contributed by atoms with van der Waals surface area (Å²) in [5.41, 5.74) is 3.24. The number of rotatable bonds is 7. The van der Waals surface area contributed by atoms with Crippen LogP contribution in [-0.2, 0) is 16.6 Å². The number of benzene rings is 2. The Morgan fingerprint density at radius 2 is 1.97 bits per heavy atom. The largest absolute Gasteiger partial charge is 0.345 e. The van der Waals surface area contributed by atoms with E-state index in [1.807, 2.05) is 48.3 Å². The number of hydrogen-bond donors (Lipinski definition) is 1. The van der Waals surface area contributed by atoms with Crippen LogP contribution in [0.3, 0.4) is 0 Å². The van der Waals surface area contributed by atoms with Crippen LogP contribution in [0.25, 0.3) is 11.3 Å². The molecular formula is C23H23BrFN3O. The number of halogens is 2. The summed E-state index contributed by atoms with van der Waals surface area (Å²) in [5, 5.41) is 7.30. The van der Waals surface area contributed by atoms with Crippen LogP contribution < -0.4 is 0 Å². The second kappa shape index (κ2) is 8.11. The van der Waals surface area contributed by atoms with Crippen molar-refractivity contribution in [2.24, 2.45) is 0 Å². The Hall–Kier alpha value is -2.47. The average molecular weight is 456 g/mol. The fourth-order valence-corrected chi connectivity index (χ4v) is 4.04. The van der Waals surface area contributed by atoms with Gasteiger partial charge in [-0.25, -0.2) is 4.39 Å². The van der Waals surface area contributed by atoms with Crippen LogP contribution in [0.4, 0.5) is 4.39 Å². The van der Waals surface area contributed by atoms with Crippen LogP contribution in [0.1, 0.15) is 30.5 Å². The second-order valence-electron chi connectivity index (χ2n) is 7.71. The summed E-state index contributed by atoms with van der Waals surface area (Å²) in [5.74, 6) is -0.0724. The van der Waals surface area contributed by atoms with Gasteiger partial charge in [0.05, 0.1) is 11.1 Å². The van der Waals surface area contributed by atoms with E-state index < -0.39 is 0 Å². The highest BCUT2D eigenvalue weighted by atomic mass is 79.9. The monoisotopic (exact) mass is 455 g/mol. The van der Waals surface area contributed by atoms with Gasteiger partial charge in [0.25, 0.3) is 0 Å². The fraction of sp³-hybridized carbons (Fsp3) is 0.304. The number of aromatic amines is 1. The number of hydrogen-bond acceptors (Lipinski definition) is 2. The van der Waals surface area contributed by atoms with Gasteiger partial charge in [-0.15, -0.1) is 0 Å². The standard InChI is InChI=1S/C23H23BrFN3O/c1-28(22(29)23(11-12-23)17-7-9-18(24)10-8-17)13-3-6-20-15-21(27-26-20)16-4-2-5-19(25)14-16/h2,4-5,7-10,14-15H,3,6,11-13H2,1H3,(H,26,27). The van der Waals surface area contributed by atoms with Crippen LogP contribution in [-0.4, -0.2) is 34.6 Å². The highest BCUT2D eigenvalue weighted by Gasteiger charge is 2.52. The van der Waals surface area contributed by atoms with Crippen molar-refractivity contribution in [3.05, 3.63) is 76.1 Å². The van der Waals surface area contributed by atoms with E-state index in [1.165, 1.54) is 12.1 Å². The first kappa shape index (κ1) is 19.8. The average Bonchev–Trinajstić information content (AvgIpc) is 3.39. The van der Waals surface area contributed by atoms with Gasteiger partial charge in [-0.1, -0.05) is 40.2 Å². The summed E-state index contributed by atoms with van der Waals surface area (Å²) in [4.78, 5) is 14.9. The Morgan fingerprint density at radius 3 is 2.66 bits per heavy atom. The number of aromatic nitrogens is 2. The lowest BCUT2D eigenvalue weighted by atomic mass is 9.94. The first-order valence-corrected chi connectivity index (χ1v) is 10.6. The van der Waals surface area contributed by atoms with Gasteiger partial charge in [-0.2, -0.15) is 5.10 Å². The molecule has 4 rings (SSSR count). The van der Waals surface area contributed by atoms with E-state index in [2.05, 4.69) is 26.1 Å². The SMILES string of the molecule is CN(CCCc1cc(-c2cccc(F)c2)n[nH]1)C(=O)C1(c2ccc(Br)cc2)CC1. The lowest BCUT2D eigenvalue weighted by Gasteiger charge is -2.24. The number of amides is 1. The zero-order valence-corrected chi connectivity index (χ0v) is 17.9. The Bertz CT molecular complexity index is 1010. The zero-order valence-electron chi connectivity index (χ0n) is 16.3. The van der Waals surface area contributed by atoms with Gasteiger partial charge in [-0.3, -0.25) is 9.89 Å². The summed E-state index contributed by atoms with van der Waals surface area (Å²) in [7, 11) is 1.88. The van der Waals surface area contributed by atoms with E-state index in [0.717, 1.165) is 52.7 Å². The minimum absolute atomic E-state index is 0.199. The van der Waals surface area contributed by atoms with Crippen LogP contribution in [0.2, 0.25) is 0 Å². The second-order valence-corrected chi connectivity index (χ2v) is 8.62. The van der Waals surface area contributed by atoms with Gasteiger partial charge >= 0.3 is 0 Å². The Kier molecular flexibility index (Phi) is 5.54. The lowest BCUT2D eigenvalue weighted by Crippen LogP contribution is -2.37. The van der Waals surface area contributed by atoms with Crippen molar-refractivity contribution >= 4 is 21.8 Å². The molecule has 29 heavy (non-hydrogen) atoms. The number of carbonyl (C=O) groups excluding carboxylic acids is 1. The number of nitrogens with one attached hydrogen (secondary N) is 1. The van der Waals surface area contributed by atoms with E-state index in [4.69, 9.17) is 0 Å². The number of nitrogens with zero attached hydrogens (tertiary/aromatic N) is 2. The molecule has 1 fully saturated rings. The molecule has 0 saturated heterocycles. The summed E-state index contributed by atoms with van der Waals surface area (Å²) in [6.07, 6.45) is 3.44. The van der Waals surface area contributed by atoms with E-state index >= 15 is 0 Å². The molecule has 1 N–H and O–H groups in total. The molecule has 2 aromatic carbocycles. The maximum atomic E-state index is 13.4. The maximum absolute atomic E-state index is 13.4. The summed E-state index contributed by atoms with van der Waals surface area (Å²) >= 11 is 3.45. The summed E-state index contributed by atoms with van der Waals surface area (Å²) in [6.45, 7) is 0.686. The van der Waals surface area contributed by atoms with Crippen molar-refractivity contribution in [3.8, 4) is 11.3 Å². The molecule has 4 nitrogen and oxygen atoms in total. The fourth-order valence-electron chi connectivity index (χ4n) is 3.78. The van der Waals surface area contributed by atoms with Crippen molar-refractivity contribution < 1.29 is 9.18 Å². The predicted molar refractivity (Wildman–Crippen MR) is 115 cm³/mol. The van der Waals surface area contributed by atoms with Crippen LogP contribution in [0.15, 0.2) is 59.1 Å². The molecule has 0 atom stereocenters. The number of likely N-dealkylation sites (N-methyl/N-ethyl adjacent to an activating group) is 1. The zero-order chi connectivity index (χ0) is 20.4. The topological polar surface area (TPSA) is 49.0 Å². The van der Waals surface area contributed by atoms with Crippen LogP contribution in [0, 0.1) is 5.82 Å². The van der Waals surface area contributed by atoms with E-state index in [-0.39, 0.29) is 17.1 Å². The van der Waals surface area contributed by atoms with Gasteiger partial charge in [-0.05, 0) is 61.6 Å². The minimum atomic E-state index is -0.339. The van der Waals surface area contributed by atoms with Gasteiger partial charge in [0.15, 0.2) is 0 Å². The van der Waals surface area contributed by atoms with Crippen molar-refractivity contribution in [1.82, 2.24) is 15.1 Å². The number of H-pyrrole nitrogens is 1. The molecular weight excluding hydrogens is 433 g/mol. The molecule has 0 radical (unpaired) electrons. The predicted octanol–water partition coefficient (Wildman–Crippen LogP) is 5.10. The first-order valence-electron chi connectivity index (χ1n) is 9.80.